The number of amides is 4. The van der Waals surface area contributed by atoms with Crippen molar-refractivity contribution < 1.29 is 28.7 Å². The van der Waals surface area contributed by atoms with Gasteiger partial charge in [-0.1, -0.05) is 36.4 Å². The van der Waals surface area contributed by atoms with Gasteiger partial charge in [0.1, 0.15) is 0 Å². The van der Waals surface area contributed by atoms with E-state index in [1.807, 2.05) is 42.7 Å². The van der Waals surface area contributed by atoms with Gasteiger partial charge in [-0.05, 0) is 43.2 Å². The van der Waals surface area contributed by atoms with E-state index in [2.05, 4.69) is 0 Å². The molecule has 0 bridgehead atoms. The summed E-state index contributed by atoms with van der Waals surface area (Å²) >= 11 is 0. The SMILES string of the molecule is Cc1cc(C(=O)CN2C(=O)C(=O)N(Cc3ccccc3)C2=O)c(C)n1Cc1ccc2c(c1)OCO2. The molecule has 9 heteroatoms. The summed E-state index contributed by atoms with van der Waals surface area (Å²) in [7, 11) is 0. The van der Waals surface area contributed by atoms with Gasteiger partial charge in [-0.25, -0.2) is 9.69 Å². The summed E-state index contributed by atoms with van der Waals surface area (Å²) in [6.07, 6.45) is 0. The zero-order chi connectivity index (χ0) is 24.7. The number of hydrogen-bond donors (Lipinski definition) is 0. The summed E-state index contributed by atoms with van der Waals surface area (Å²) in [6.45, 7) is 3.87. The molecule has 1 saturated heterocycles. The van der Waals surface area contributed by atoms with Crippen LogP contribution in [-0.2, 0) is 22.7 Å². The van der Waals surface area contributed by atoms with Crippen molar-refractivity contribution in [3.05, 3.63) is 82.7 Å². The highest BCUT2D eigenvalue weighted by molar-refractivity contribution is 6.45. The quantitative estimate of drug-likeness (QED) is 0.297. The van der Waals surface area contributed by atoms with Crippen LogP contribution >= 0.6 is 0 Å². The lowest BCUT2D eigenvalue weighted by molar-refractivity contribution is -0.143. The molecule has 2 aromatic carbocycles. The first-order chi connectivity index (χ1) is 16.8. The topological polar surface area (TPSA) is 98.2 Å². The highest BCUT2D eigenvalue weighted by Gasteiger charge is 2.45. The Hall–Kier alpha value is -4.40. The number of ketones is 1. The number of ether oxygens (including phenoxy) is 2. The Morgan fingerprint density at radius 3 is 2.31 bits per heavy atom. The Kier molecular flexibility index (Phi) is 5.60. The molecule has 35 heavy (non-hydrogen) atoms. The number of rotatable bonds is 7. The fourth-order valence-electron chi connectivity index (χ4n) is 4.37. The first kappa shape index (κ1) is 22.4. The van der Waals surface area contributed by atoms with E-state index in [-0.39, 0.29) is 13.3 Å². The number of benzene rings is 2. The van der Waals surface area contributed by atoms with E-state index in [9.17, 15) is 19.2 Å². The second kappa shape index (κ2) is 8.75. The number of hydrogen-bond acceptors (Lipinski definition) is 6. The summed E-state index contributed by atoms with van der Waals surface area (Å²) in [5, 5.41) is 0. The Labute approximate surface area is 201 Å². The Bertz CT molecular complexity index is 1360. The Morgan fingerprint density at radius 2 is 1.54 bits per heavy atom. The number of Topliss-reactive ketones (excluding diaryl/α,β-unsaturated/α-hetero) is 1. The van der Waals surface area contributed by atoms with Gasteiger partial charge in [-0.3, -0.25) is 19.3 Å². The molecular formula is C26H23N3O6. The maximum Gasteiger partial charge on any atom is 0.334 e. The van der Waals surface area contributed by atoms with Crippen LogP contribution in [0, 0.1) is 13.8 Å². The van der Waals surface area contributed by atoms with E-state index in [1.54, 1.807) is 30.3 Å². The van der Waals surface area contributed by atoms with Gasteiger partial charge in [0.25, 0.3) is 0 Å². The molecule has 2 aliphatic heterocycles. The molecule has 2 aliphatic rings. The van der Waals surface area contributed by atoms with E-state index in [4.69, 9.17) is 9.47 Å². The molecule has 178 valence electrons. The van der Waals surface area contributed by atoms with E-state index < -0.39 is 30.2 Å². The van der Waals surface area contributed by atoms with Crippen molar-refractivity contribution in [1.82, 2.24) is 14.4 Å². The number of urea groups is 1. The number of aryl methyl sites for hydroxylation is 1. The molecular weight excluding hydrogens is 450 g/mol. The molecule has 0 aliphatic carbocycles. The highest BCUT2D eigenvalue weighted by Crippen LogP contribution is 2.33. The normalized spacial score (nSPS) is 14.9. The molecule has 3 heterocycles. The van der Waals surface area contributed by atoms with Crippen molar-refractivity contribution in [1.29, 1.82) is 0 Å². The molecule has 0 atom stereocenters. The number of carbonyl (C=O) groups excluding carboxylic acids is 4. The van der Waals surface area contributed by atoms with Crippen molar-refractivity contribution in [2.45, 2.75) is 26.9 Å². The van der Waals surface area contributed by atoms with Gasteiger partial charge >= 0.3 is 17.8 Å². The summed E-state index contributed by atoms with van der Waals surface area (Å²) < 4.78 is 12.8. The smallest absolute Gasteiger partial charge is 0.334 e. The monoisotopic (exact) mass is 473 g/mol. The summed E-state index contributed by atoms with van der Waals surface area (Å²) in [6, 6.07) is 15.5. The largest absolute Gasteiger partial charge is 0.454 e. The molecule has 3 aromatic rings. The molecule has 4 amide bonds. The fourth-order valence-corrected chi connectivity index (χ4v) is 4.37. The predicted molar refractivity (Wildman–Crippen MR) is 124 cm³/mol. The van der Waals surface area contributed by atoms with Crippen LogP contribution in [0.5, 0.6) is 11.5 Å². The van der Waals surface area contributed by atoms with E-state index in [0.717, 1.165) is 21.1 Å². The molecule has 0 N–H and O–H groups in total. The Morgan fingerprint density at radius 1 is 0.829 bits per heavy atom. The van der Waals surface area contributed by atoms with Crippen LogP contribution in [0.1, 0.15) is 32.9 Å². The maximum atomic E-state index is 13.1. The second-order valence-corrected chi connectivity index (χ2v) is 8.53. The van der Waals surface area contributed by atoms with Gasteiger partial charge in [0.15, 0.2) is 17.3 Å². The third-order valence-electron chi connectivity index (χ3n) is 6.27. The van der Waals surface area contributed by atoms with Gasteiger partial charge in [0.05, 0.1) is 13.1 Å². The average molecular weight is 473 g/mol. The van der Waals surface area contributed by atoms with Crippen LogP contribution in [0.4, 0.5) is 4.79 Å². The van der Waals surface area contributed by atoms with Crippen molar-refractivity contribution in [2.75, 3.05) is 13.3 Å². The van der Waals surface area contributed by atoms with Crippen molar-refractivity contribution in [3.8, 4) is 11.5 Å². The van der Waals surface area contributed by atoms with Crippen LogP contribution in [0.2, 0.25) is 0 Å². The van der Waals surface area contributed by atoms with Crippen molar-refractivity contribution >= 4 is 23.6 Å². The van der Waals surface area contributed by atoms with Crippen LogP contribution in [-0.4, -0.2) is 51.3 Å². The van der Waals surface area contributed by atoms with Gasteiger partial charge in [-0.15, -0.1) is 0 Å². The van der Waals surface area contributed by atoms with E-state index in [0.29, 0.717) is 34.9 Å². The molecule has 0 radical (unpaired) electrons. The third-order valence-corrected chi connectivity index (χ3v) is 6.27. The molecule has 5 rings (SSSR count). The summed E-state index contributed by atoms with van der Waals surface area (Å²) in [5.41, 5.74) is 3.64. The van der Waals surface area contributed by atoms with Gasteiger partial charge < -0.3 is 14.0 Å². The number of carbonyl (C=O) groups is 4. The van der Waals surface area contributed by atoms with Gasteiger partial charge in [-0.2, -0.15) is 0 Å². The van der Waals surface area contributed by atoms with Gasteiger partial charge in [0, 0.05) is 23.5 Å². The Balaban J connectivity index is 1.32. The average Bonchev–Trinajstić information content (AvgIpc) is 3.49. The number of fused-ring (bicyclic) bond motifs is 1. The fraction of sp³-hybridized carbons (Fsp3) is 0.231. The minimum absolute atomic E-state index is 0.0288. The van der Waals surface area contributed by atoms with Crippen LogP contribution in [0.25, 0.3) is 0 Å². The lowest BCUT2D eigenvalue weighted by atomic mass is 10.1. The van der Waals surface area contributed by atoms with Crippen molar-refractivity contribution in [2.24, 2.45) is 0 Å². The highest BCUT2D eigenvalue weighted by atomic mass is 16.7. The minimum Gasteiger partial charge on any atom is -0.454 e. The number of aromatic nitrogens is 1. The summed E-state index contributed by atoms with van der Waals surface area (Å²) in [4.78, 5) is 52.5. The second-order valence-electron chi connectivity index (χ2n) is 8.53. The van der Waals surface area contributed by atoms with Gasteiger partial charge in [0.2, 0.25) is 6.79 Å². The lowest BCUT2D eigenvalue weighted by Gasteiger charge is -2.15. The molecule has 9 nitrogen and oxygen atoms in total. The predicted octanol–water partition coefficient (Wildman–Crippen LogP) is 3.06. The molecule has 0 spiro atoms. The zero-order valence-electron chi connectivity index (χ0n) is 19.3. The maximum absolute atomic E-state index is 13.1. The lowest BCUT2D eigenvalue weighted by Crippen LogP contribution is -2.37. The number of imide groups is 2. The third kappa shape index (κ3) is 4.05. The van der Waals surface area contributed by atoms with Crippen LogP contribution < -0.4 is 9.47 Å². The number of nitrogens with zero attached hydrogens (tertiary/aromatic N) is 3. The standard InChI is InChI=1S/C26H23N3O6/c1-16-10-20(17(2)27(16)13-19-8-9-22-23(11-19)35-15-34-22)21(30)14-29-25(32)24(31)28(26(29)33)12-18-6-4-3-5-7-18/h3-11H,12-15H2,1-2H3. The first-order valence-electron chi connectivity index (χ1n) is 11.1. The van der Waals surface area contributed by atoms with E-state index >= 15 is 0 Å². The molecule has 0 unspecified atom stereocenters. The van der Waals surface area contributed by atoms with Crippen LogP contribution in [0.15, 0.2) is 54.6 Å². The zero-order valence-corrected chi connectivity index (χ0v) is 19.3. The molecule has 1 fully saturated rings. The molecule has 1 aromatic heterocycles. The van der Waals surface area contributed by atoms with E-state index in [1.165, 1.54) is 0 Å². The summed E-state index contributed by atoms with van der Waals surface area (Å²) in [5.74, 6) is -0.960. The molecule has 0 saturated carbocycles. The van der Waals surface area contributed by atoms with Crippen LogP contribution in [0.3, 0.4) is 0 Å². The minimum atomic E-state index is -0.992. The first-order valence-corrected chi connectivity index (χ1v) is 11.1. The van der Waals surface area contributed by atoms with Crippen molar-refractivity contribution in [3.63, 3.8) is 0 Å².